The van der Waals surface area contributed by atoms with Crippen molar-refractivity contribution in [1.82, 2.24) is 9.55 Å². The van der Waals surface area contributed by atoms with Crippen LogP contribution in [0.4, 0.5) is 0 Å². The van der Waals surface area contributed by atoms with E-state index in [1.165, 1.54) is 0 Å². The number of pyridine rings is 1. The lowest BCUT2D eigenvalue weighted by Gasteiger charge is -2.08. The summed E-state index contributed by atoms with van der Waals surface area (Å²) in [5.74, 6) is 0.894. The highest BCUT2D eigenvalue weighted by atomic mass is 16.1. The third-order valence-corrected chi connectivity index (χ3v) is 2.65. The number of carbonyl (C=O) groups is 1. The van der Waals surface area contributed by atoms with Gasteiger partial charge in [-0.25, -0.2) is 4.98 Å². The van der Waals surface area contributed by atoms with Crippen molar-refractivity contribution in [2.24, 2.45) is 0 Å². The molecule has 0 saturated heterocycles. The van der Waals surface area contributed by atoms with Gasteiger partial charge >= 0.3 is 0 Å². The number of carbonyl (C=O) groups excluding carboxylic acids is 1. The molecule has 0 aliphatic rings. The Balaban J connectivity index is 2.46. The molecule has 3 nitrogen and oxygen atoms in total. The Hall–Kier alpha value is -1.90. The maximum Gasteiger partial charge on any atom is 0.161 e. The van der Waals surface area contributed by atoms with E-state index in [9.17, 15) is 4.79 Å². The Morgan fingerprint density at radius 1 is 1.12 bits per heavy atom. The fourth-order valence-corrected chi connectivity index (χ4v) is 1.76. The Morgan fingerprint density at radius 3 is 2.19 bits per heavy atom. The number of aryl methyl sites for hydroxylation is 2. The molecule has 0 bridgehead atoms. The van der Waals surface area contributed by atoms with Gasteiger partial charge in [0.2, 0.25) is 0 Å². The highest BCUT2D eigenvalue weighted by molar-refractivity contribution is 5.93. The molecule has 0 aromatic carbocycles. The van der Waals surface area contributed by atoms with E-state index in [-0.39, 0.29) is 5.78 Å². The van der Waals surface area contributed by atoms with Crippen molar-refractivity contribution in [2.45, 2.75) is 20.8 Å². The zero-order valence-electron chi connectivity index (χ0n) is 9.69. The lowest BCUT2D eigenvalue weighted by molar-refractivity contribution is 0.101. The second-order valence-electron chi connectivity index (χ2n) is 3.91. The largest absolute Gasteiger partial charge is 0.303 e. The van der Waals surface area contributed by atoms with E-state index in [0.717, 1.165) is 17.2 Å². The molecule has 16 heavy (non-hydrogen) atoms. The minimum Gasteiger partial charge on any atom is -0.303 e. The second kappa shape index (κ2) is 3.93. The van der Waals surface area contributed by atoms with Crippen LogP contribution in [0.15, 0.2) is 30.5 Å². The van der Waals surface area contributed by atoms with E-state index in [2.05, 4.69) is 21.7 Å². The molecular weight excluding hydrogens is 200 g/mol. The van der Waals surface area contributed by atoms with E-state index in [1.54, 1.807) is 13.1 Å². The molecule has 0 fully saturated rings. The highest BCUT2D eigenvalue weighted by Gasteiger charge is 2.05. The van der Waals surface area contributed by atoms with Crippen molar-refractivity contribution in [3.05, 3.63) is 47.4 Å². The molecule has 2 heterocycles. The van der Waals surface area contributed by atoms with Crippen LogP contribution in [0.2, 0.25) is 0 Å². The Kier molecular flexibility index (Phi) is 2.60. The fraction of sp³-hybridized carbons (Fsp3) is 0.231. The lowest BCUT2D eigenvalue weighted by atomic mass is 10.2. The Morgan fingerprint density at radius 2 is 1.75 bits per heavy atom. The molecule has 0 amide bonds. The van der Waals surface area contributed by atoms with Crippen molar-refractivity contribution >= 4 is 5.78 Å². The molecule has 82 valence electrons. The predicted octanol–water partition coefficient (Wildman–Crippen LogP) is 2.69. The standard InChI is InChI=1S/C13H14N2O/c1-9-4-5-10(2)15(9)13-7-6-12(8-14-13)11(3)16/h4-8H,1-3H3. The first-order valence-electron chi connectivity index (χ1n) is 5.22. The van der Waals surface area contributed by atoms with Gasteiger partial charge in [0.25, 0.3) is 0 Å². The average molecular weight is 214 g/mol. The first kappa shape index (κ1) is 10.6. The number of nitrogens with zero attached hydrogens (tertiary/aromatic N) is 2. The third-order valence-electron chi connectivity index (χ3n) is 2.65. The van der Waals surface area contributed by atoms with E-state index in [4.69, 9.17) is 0 Å². The maximum atomic E-state index is 11.1. The van der Waals surface area contributed by atoms with Crippen molar-refractivity contribution in [2.75, 3.05) is 0 Å². The summed E-state index contributed by atoms with van der Waals surface area (Å²) < 4.78 is 2.06. The van der Waals surface area contributed by atoms with Crippen LogP contribution in [-0.2, 0) is 0 Å². The summed E-state index contributed by atoms with van der Waals surface area (Å²) in [7, 11) is 0. The van der Waals surface area contributed by atoms with Gasteiger partial charge in [0.15, 0.2) is 5.78 Å². The molecule has 0 spiro atoms. The van der Waals surface area contributed by atoms with Gasteiger partial charge in [-0.3, -0.25) is 4.79 Å². The van der Waals surface area contributed by atoms with Crippen LogP contribution in [-0.4, -0.2) is 15.3 Å². The van der Waals surface area contributed by atoms with Crippen LogP contribution in [0.5, 0.6) is 0 Å². The molecule has 0 N–H and O–H groups in total. The number of ketones is 1. The molecule has 0 aliphatic heterocycles. The minimum absolute atomic E-state index is 0.0417. The summed E-state index contributed by atoms with van der Waals surface area (Å²) in [5.41, 5.74) is 2.92. The van der Waals surface area contributed by atoms with Crippen molar-refractivity contribution in [3.8, 4) is 5.82 Å². The molecule has 2 rings (SSSR count). The number of aromatic nitrogens is 2. The molecule has 0 atom stereocenters. The van der Waals surface area contributed by atoms with Gasteiger partial charge in [-0.1, -0.05) is 0 Å². The summed E-state index contributed by atoms with van der Waals surface area (Å²) in [6.45, 7) is 5.62. The van der Waals surface area contributed by atoms with Gasteiger partial charge in [0.05, 0.1) is 0 Å². The number of rotatable bonds is 2. The van der Waals surface area contributed by atoms with Gasteiger partial charge < -0.3 is 4.57 Å². The third kappa shape index (κ3) is 1.76. The second-order valence-corrected chi connectivity index (χ2v) is 3.91. The zero-order valence-corrected chi connectivity index (χ0v) is 9.69. The SMILES string of the molecule is CC(=O)c1ccc(-n2c(C)ccc2C)nc1. The van der Waals surface area contributed by atoms with Crippen LogP contribution in [0, 0.1) is 13.8 Å². The summed E-state index contributed by atoms with van der Waals surface area (Å²) in [6, 6.07) is 7.78. The van der Waals surface area contributed by atoms with Crippen LogP contribution < -0.4 is 0 Å². The molecule has 0 saturated carbocycles. The zero-order chi connectivity index (χ0) is 11.7. The molecule has 0 unspecified atom stereocenters. The molecular formula is C13H14N2O. The Labute approximate surface area is 94.7 Å². The molecule has 2 aromatic rings. The molecule has 0 aliphatic carbocycles. The van der Waals surface area contributed by atoms with Crippen LogP contribution >= 0.6 is 0 Å². The van der Waals surface area contributed by atoms with Gasteiger partial charge in [-0.15, -0.1) is 0 Å². The van der Waals surface area contributed by atoms with Crippen LogP contribution in [0.1, 0.15) is 28.7 Å². The van der Waals surface area contributed by atoms with E-state index in [0.29, 0.717) is 5.56 Å². The van der Waals surface area contributed by atoms with Gasteiger partial charge in [0.1, 0.15) is 5.82 Å². The number of hydrogen-bond acceptors (Lipinski definition) is 2. The van der Waals surface area contributed by atoms with Gasteiger partial charge in [-0.05, 0) is 45.0 Å². The number of hydrogen-bond donors (Lipinski definition) is 0. The van der Waals surface area contributed by atoms with E-state index in [1.807, 2.05) is 26.0 Å². The summed E-state index contributed by atoms with van der Waals surface area (Å²) in [6.07, 6.45) is 1.62. The van der Waals surface area contributed by atoms with E-state index >= 15 is 0 Å². The first-order chi connectivity index (χ1) is 7.59. The quantitative estimate of drug-likeness (QED) is 0.720. The first-order valence-corrected chi connectivity index (χ1v) is 5.22. The summed E-state index contributed by atoms with van der Waals surface area (Å²) in [5, 5.41) is 0. The normalized spacial score (nSPS) is 10.4. The van der Waals surface area contributed by atoms with Gasteiger partial charge in [0, 0.05) is 23.1 Å². The smallest absolute Gasteiger partial charge is 0.161 e. The summed E-state index contributed by atoms with van der Waals surface area (Å²) >= 11 is 0. The van der Waals surface area contributed by atoms with Crippen molar-refractivity contribution in [3.63, 3.8) is 0 Å². The van der Waals surface area contributed by atoms with Crippen molar-refractivity contribution in [1.29, 1.82) is 0 Å². The fourth-order valence-electron chi connectivity index (χ4n) is 1.76. The monoisotopic (exact) mass is 214 g/mol. The topological polar surface area (TPSA) is 34.9 Å². The summed E-state index contributed by atoms with van der Waals surface area (Å²) in [4.78, 5) is 15.4. The molecule has 3 heteroatoms. The molecule has 2 aromatic heterocycles. The lowest BCUT2D eigenvalue weighted by Crippen LogP contribution is -2.02. The Bertz CT molecular complexity index is 504. The van der Waals surface area contributed by atoms with Crippen LogP contribution in [0.3, 0.4) is 0 Å². The van der Waals surface area contributed by atoms with Gasteiger partial charge in [-0.2, -0.15) is 0 Å². The minimum atomic E-state index is 0.0417. The maximum absolute atomic E-state index is 11.1. The highest BCUT2D eigenvalue weighted by Crippen LogP contribution is 2.14. The van der Waals surface area contributed by atoms with Crippen molar-refractivity contribution < 1.29 is 4.79 Å². The predicted molar refractivity (Wildman–Crippen MR) is 63.0 cm³/mol. The average Bonchev–Trinajstić information content (AvgIpc) is 2.59. The number of Topliss-reactive ketones (excluding diaryl/α,β-unsaturated/α-hetero) is 1. The van der Waals surface area contributed by atoms with Crippen LogP contribution in [0.25, 0.3) is 5.82 Å². The molecule has 0 radical (unpaired) electrons. The van der Waals surface area contributed by atoms with E-state index < -0.39 is 0 Å².